The van der Waals surface area contributed by atoms with Crippen LogP contribution in [0.3, 0.4) is 0 Å². The second-order valence-corrected chi connectivity index (χ2v) is 7.51. The summed E-state index contributed by atoms with van der Waals surface area (Å²) in [6.07, 6.45) is -3.63. The summed E-state index contributed by atoms with van der Waals surface area (Å²) in [6.45, 7) is -0.0774. The van der Waals surface area contributed by atoms with Crippen molar-refractivity contribution in [3.8, 4) is 0 Å². The van der Waals surface area contributed by atoms with Crippen molar-refractivity contribution < 1.29 is 33.6 Å². The van der Waals surface area contributed by atoms with Gasteiger partial charge in [0, 0.05) is 5.56 Å². The van der Waals surface area contributed by atoms with Crippen LogP contribution in [0.25, 0.3) is 0 Å². The van der Waals surface area contributed by atoms with Crippen LogP contribution >= 0.6 is 0 Å². The third kappa shape index (κ3) is 5.84. The average molecular weight is 448 g/mol. The van der Waals surface area contributed by atoms with Crippen LogP contribution in [-0.2, 0) is 18.9 Å². The molecule has 1 aliphatic heterocycles. The smallest absolute Gasteiger partial charge is 0.338 e. The van der Waals surface area contributed by atoms with E-state index in [1.807, 2.05) is 6.07 Å². The van der Waals surface area contributed by atoms with Crippen LogP contribution in [-0.4, -0.2) is 48.6 Å². The fourth-order valence-electron chi connectivity index (χ4n) is 3.50. The van der Waals surface area contributed by atoms with E-state index in [1.54, 1.807) is 84.9 Å². The van der Waals surface area contributed by atoms with Gasteiger partial charge in [-0.15, -0.1) is 0 Å². The molecule has 4 atom stereocenters. The van der Waals surface area contributed by atoms with Crippen LogP contribution < -0.4 is 0 Å². The van der Waals surface area contributed by atoms with E-state index in [-0.39, 0.29) is 13.2 Å². The molecule has 7 nitrogen and oxygen atoms in total. The highest BCUT2D eigenvalue weighted by Gasteiger charge is 2.43. The van der Waals surface area contributed by atoms with E-state index in [9.17, 15) is 14.7 Å². The first-order valence-electron chi connectivity index (χ1n) is 10.6. The van der Waals surface area contributed by atoms with E-state index in [4.69, 9.17) is 18.9 Å². The summed E-state index contributed by atoms with van der Waals surface area (Å²) in [7, 11) is 0. The molecule has 33 heavy (non-hydrogen) atoms. The molecule has 3 aromatic carbocycles. The van der Waals surface area contributed by atoms with Gasteiger partial charge in [-0.2, -0.15) is 0 Å². The molecule has 0 aromatic heterocycles. The van der Waals surface area contributed by atoms with Crippen molar-refractivity contribution in [1.82, 2.24) is 0 Å². The largest absolute Gasteiger partial charge is 0.459 e. The Balaban J connectivity index is 1.46. The Hall–Kier alpha value is -3.52. The van der Waals surface area contributed by atoms with E-state index < -0.39 is 36.5 Å². The van der Waals surface area contributed by atoms with Gasteiger partial charge in [0.25, 0.3) is 0 Å². The lowest BCUT2D eigenvalue weighted by atomic mass is 10.1. The Bertz CT molecular complexity index is 1040. The maximum atomic E-state index is 12.7. The number of aliphatic hydroxyl groups excluding tert-OH is 1. The SMILES string of the molecule is O=C(OC[C@H]1OC[C@H](OC(O)c2ccccc2)[C@@H]1OC(=O)c1ccccc1)c1ccccc1. The molecule has 170 valence electrons. The van der Waals surface area contributed by atoms with Crippen molar-refractivity contribution >= 4 is 11.9 Å². The quantitative estimate of drug-likeness (QED) is 0.416. The number of benzene rings is 3. The van der Waals surface area contributed by atoms with Crippen molar-refractivity contribution in [2.75, 3.05) is 13.2 Å². The Morgan fingerprint density at radius 1 is 0.848 bits per heavy atom. The molecule has 0 aliphatic carbocycles. The zero-order chi connectivity index (χ0) is 23.0. The molecule has 1 N–H and O–H groups in total. The maximum Gasteiger partial charge on any atom is 0.338 e. The van der Waals surface area contributed by atoms with Gasteiger partial charge in [0.15, 0.2) is 12.4 Å². The fourth-order valence-corrected chi connectivity index (χ4v) is 3.50. The zero-order valence-electron chi connectivity index (χ0n) is 17.8. The molecule has 0 bridgehead atoms. The lowest BCUT2D eigenvalue weighted by Crippen LogP contribution is -2.40. The molecule has 3 aromatic rings. The van der Waals surface area contributed by atoms with Crippen molar-refractivity contribution in [1.29, 1.82) is 0 Å². The van der Waals surface area contributed by atoms with Gasteiger partial charge in [-0.05, 0) is 24.3 Å². The summed E-state index contributed by atoms with van der Waals surface area (Å²) in [5.41, 5.74) is 1.33. The van der Waals surface area contributed by atoms with Gasteiger partial charge in [-0.1, -0.05) is 66.7 Å². The molecular formula is C26H24O7. The number of esters is 2. The Labute approximate surface area is 191 Å². The molecular weight excluding hydrogens is 424 g/mol. The minimum Gasteiger partial charge on any atom is -0.459 e. The highest BCUT2D eigenvalue weighted by molar-refractivity contribution is 5.90. The maximum absolute atomic E-state index is 12.7. The lowest BCUT2D eigenvalue weighted by Gasteiger charge is -2.25. The number of rotatable bonds is 8. The molecule has 0 amide bonds. The predicted molar refractivity (Wildman–Crippen MR) is 118 cm³/mol. The first kappa shape index (κ1) is 22.7. The van der Waals surface area contributed by atoms with Crippen LogP contribution in [0.15, 0.2) is 91.0 Å². The molecule has 0 spiro atoms. The summed E-state index contributed by atoms with van der Waals surface area (Å²) >= 11 is 0. The number of hydrogen-bond acceptors (Lipinski definition) is 7. The fraction of sp³-hybridized carbons (Fsp3) is 0.231. The van der Waals surface area contributed by atoms with Gasteiger partial charge in [0.1, 0.15) is 18.8 Å². The molecule has 0 saturated carbocycles. The van der Waals surface area contributed by atoms with Gasteiger partial charge >= 0.3 is 11.9 Å². The second kappa shape index (κ2) is 10.9. The number of carbonyl (C=O) groups excluding carboxylic acids is 2. The van der Waals surface area contributed by atoms with E-state index in [0.717, 1.165) is 0 Å². The van der Waals surface area contributed by atoms with Gasteiger partial charge in [-0.25, -0.2) is 9.59 Å². The molecule has 0 radical (unpaired) electrons. The van der Waals surface area contributed by atoms with Gasteiger partial charge in [0.2, 0.25) is 0 Å². The molecule has 1 fully saturated rings. The van der Waals surface area contributed by atoms with Crippen molar-refractivity contribution in [2.24, 2.45) is 0 Å². The summed E-state index contributed by atoms with van der Waals surface area (Å²) in [5.74, 6) is -1.07. The van der Waals surface area contributed by atoms with Crippen molar-refractivity contribution in [2.45, 2.75) is 24.6 Å². The first-order valence-corrected chi connectivity index (χ1v) is 10.6. The van der Waals surface area contributed by atoms with E-state index in [0.29, 0.717) is 16.7 Å². The molecule has 1 saturated heterocycles. The predicted octanol–water partition coefficient (Wildman–Crippen LogP) is 3.54. The van der Waals surface area contributed by atoms with Gasteiger partial charge in [-0.3, -0.25) is 0 Å². The zero-order valence-corrected chi connectivity index (χ0v) is 17.8. The Kier molecular flexibility index (Phi) is 7.47. The van der Waals surface area contributed by atoms with Gasteiger partial charge < -0.3 is 24.1 Å². The molecule has 4 rings (SSSR count). The normalized spacial score (nSPS) is 20.7. The van der Waals surface area contributed by atoms with Crippen LogP contribution in [0.4, 0.5) is 0 Å². The lowest BCUT2D eigenvalue weighted by molar-refractivity contribution is -0.160. The second-order valence-electron chi connectivity index (χ2n) is 7.51. The average Bonchev–Trinajstić information content (AvgIpc) is 3.24. The molecule has 1 aliphatic rings. The third-order valence-electron chi connectivity index (χ3n) is 5.24. The summed E-state index contributed by atoms with van der Waals surface area (Å²) < 4.78 is 22.6. The number of ether oxygens (including phenoxy) is 4. The highest BCUT2D eigenvalue weighted by Crippen LogP contribution is 2.27. The molecule has 7 heteroatoms. The van der Waals surface area contributed by atoms with E-state index in [2.05, 4.69) is 0 Å². The van der Waals surface area contributed by atoms with Crippen LogP contribution in [0.2, 0.25) is 0 Å². The van der Waals surface area contributed by atoms with Crippen LogP contribution in [0.1, 0.15) is 32.6 Å². The van der Waals surface area contributed by atoms with E-state index >= 15 is 0 Å². The van der Waals surface area contributed by atoms with Gasteiger partial charge in [0.05, 0.1) is 17.7 Å². The summed E-state index contributed by atoms with van der Waals surface area (Å²) in [5, 5.41) is 10.5. The number of aliphatic hydroxyl groups is 1. The monoisotopic (exact) mass is 448 g/mol. The number of carbonyl (C=O) groups is 2. The summed E-state index contributed by atoms with van der Waals surface area (Å²) in [6, 6.07) is 25.9. The molecule has 1 unspecified atom stereocenters. The minimum atomic E-state index is -1.23. The number of hydrogen-bond donors (Lipinski definition) is 1. The topological polar surface area (TPSA) is 91.3 Å². The third-order valence-corrected chi connectivity index (χ3v) is 5.24. The van der Waals surface area contributed by atoms with Crippen molar-refractivity contribution in [3.05, 3.63) is 108 Å². The Morgan fingerprint density at radius 3 is 2.00 bits per heavy atom. The standard InChI is InChI=1S/C26H24O7/c27-24(18-10-4-1-5-11-18)31-16-21-23(33-26(29)20-14-8-3-9-15-20)22(17-30-21)32-25(28)19-12-6-2-7-13-19/h1-15,21-23,25,28H,16-17H2/t21-,22+,23-,25?/m1/s1. The van der Waals surface area contributed by atoms with Crippen LogP contribution in [0.5, 0.6) is 0 Å². The summed E-state index contributed by atoms with van der Waals surface area (Å²) in [4.78, 5) is 25.0. The first-order chi connectivity index (χ1) is 16.1. The molecule has 1 heterocycles. The minimum absolute atomic E-state index is 0.0597. The Morgan fingerprint density at radius 2 is 1.39 bits per heavy atom. The van der Waals surface area contributed by atoms with E-state index in [1.165, 1.54) is 0 Å². The van der Waals surface area contributed by atoms with Crippen molar-refractivity contribution in [3.63, 3.8) is 0 Å². The van der Waals surface area contributed by atoms with Crippen LogP contribution in [0, 0.1) is 0 Å². The highest BCUT2D eigenvalue weighted by atomic mass is 16.7.